The monoisotopic (exact) mass is 586 g/mol. The molecule has 4 atom stereocenters. The lowest BCUT2D eigenvalue weighted by molar-refractivity contribution is -0.241. The van der Waals surface area contributed by atoms with E-state index in [0.717, 1.165) is 24.3 Å². The Morgan fingerprint density at radius 2 is 1.31 bits per heavy atom. The average Bonchev–Trinajstić information content (AvgIpc) is 2.94. The number of hydrogen-bond donors (Lipinski definition) is 8. The minimum Gasteiger partial charge on any atom is -0.504 e. The van der Waals surface area contributed by atoms with Gasteiger partial charge in [0.15, 0.2) is 52.1 Å². The van der Waals surface area contributed by atoms with Crippen LogP contribution in [0.5, 0.6) is 40.2 Å². The Kier molecular flexibility index (Phi) is 5.92. The number of hydrogen-bond acceptors (Lipinski definition) is 16. The summed E-state index contributed by atoms with van der Waals surface area (Å²) in [5, 5.41) is 80.1. The molecule has 2 aromatic heterocycles. The third-order valence-electron chi connectivity index (χ3n) is 6.74. The first kappa shape index (κ1) is 26.8. The fraction of sp³-hybridized carbons (Fsp3) is 0.192. The van der Waals surface area contributed by atoms with Crippen LogP contribution >= 0.6 is 0 Å². The number of carbonyl (C=O) groups excluding carboxylic acids is 1. The van der Waals surface area contributed by atoms with Gasteiger partial charge in [-0.05, 0) is 24.3 Å². The van der Waals surface area contributed by atoms with E-state index in [1.165, 1.54) is 0 Å². The number of aliphatic hydroxyl groups is 2. The smallest absolute Gasteiger partial charge is 0.344 e. The van der Waals surface area contributed by atoms with Crippen LogP contribution in [-0.2, 0) is 9.47 Å². The second-order valence-corrected chi connectivity index (χ2v) is 9.36. The second-order valence-electron chi connectivity index (χ2n) is 9.36. The van der Waals surface area contributed by atoms with Gasteiger partial charge in [-0.15, -0.1) is 0 Å². The number of phenolic OH excluding ortho intramolecular Hbond substituents is 6. The molecule has 3 heterocycles. The van der Waals surface area contributed by atoms with E-state index in [1.807, 2.05) is 0 Å². The molecule has 0 spiro atoms. The van der Waals surface area contributed by atoms with E-state index in [2.05, 4.69) is 0 Å². The lowest BCUT2D eigenvalue weighted by Gasteiger charge is -2.37. The molecule has 16 nitrogen and oxygen atoms in total. The van der Waals surface area contributed by atoms with Crippen LogP contribution in [-0.4, -0.2) is 78.0 Å². The lowest BCUT2D eigenvalue weighted by Crippen LogP contribution is -2.56. The van der Waals surface area contributed by atoms with Crippen molar-refractivity contribution >= 4 is 38.7 Å². The Hall–Kier alpha value is -5.45. The highest BCUT2D eigenvalue weighted by molar-refractivity contribution is 6.22. The van der Waals surface area contributed by atoms with Gasteiger partial charge in [-0.3, -0.25) is 0 Å². The zero-order chi connectivity index (χ0) is 30.2. The number of benzene rings is 3. The number of ether oxygens (including phenoxy) is 3. The summed E-state index contributed by atoms with van der Waals surface area (Å²) < 4.78 is 26.4. The third-order valence-corrected chi connectivity index (χ3v) is 6.74. The fourth-order valence-corrected chi connectivity index (χ4v) is 4.74. The molecule has 0 unspecified atom stereocenters. The van der Waals surface area contributed by atoms with Crippen molar-refractivity contribution in [3.8, 4) is 40.2 Å². The minimum atomic E-state index is -1.97. The van der Waals surface area contributed by atoms with Crippen molar-refractivity contribution in [1.82, 2.24) is 0 Å². The summed E-state index contributed by atoms with van der Waals surface area (Å²) in [4.78, 5) is 38.1. The van der Waals surface area contributed by atoms with Crippen molar-refractivity contribution in [2.24, 2.45) is 0 Å². The Morgan fingerprint density at radius 3 is 1.95 bits per heavy atom. The Balaban J connectivity index is 1.40. The Bertz CT molecular complexity index is 2000. The summed E-state index contributed by atoms with van der Waals surface area (Å²) in [5.74, 6) is -6.85. The highest BCUT2D eigenvalue weighted by atomic mass is 16.7. The summed E-state index contributed by atoms with van der Waals surface area (Å²) in [6.07, 6.45) is -7.12. The molecule has 6 rings (SSSR count). The van der Waals surface area contributed by atoms with E-state index >= 15 is 0 Å². The van der Waals surface area contributed by atoms with Gasteiger partial charge in [0.2, 0.25) is 17.8 Å². The van der Waals surface area contributed by atoms with Gasteiger partial charge in [-0.1, -0.05) is 0 Å². The minimum absolute atomic E-state index is 0.149. The molecular weight excluding hydrogens is 568 g/mol. The summed E-state index contributed by atoms with van der Waals surface area (Å²) in [5.41, 5.74) is -3.71. The Labute approximate surface area is 229 Å². The molecule has 42 heavy (non-hydrogen) atoms. The van der Waals surface area contributed by atoms with E-state index in [-0.39, 0.29) is 21.5 Å². The quantitative estimate of drug-likeness (QED) is 0.0613. The largest absolute Gasteiger partial charge is 0.504 e. The molecule has 5 aromatic rings. The number of rotatable bonds is 4. The summed E-state index contributed by atoms with van der Waals surface area (Å²) >= 11 is 0. The number of aromatic hydroxyl groups is 6. The van der Waals surface area contributed by atoms with Crippen LogP contribution in [0.1, 0.15) is 10.4 Å². The van der Waals surface area contributed by atoms with Crippen LogP contribution < -0.4 is 16.0 Å². The van der Waals surface area contributed by atoms with Gasteiger partial charge in [-0.2, -0.15) is 0 Å². The first-order valence-corrected chi connectivity index (χ1v) is 11.9. The van der Waals surface area contributed by atoms with Crippen molar-refractivity contribution in [2.75, 3.05) is 6.61 Å². The molecule has 1 fully saturated rings. The molecule has 0 radical (unpaired) electrons. The molecule has 0 amide bonds. The van der Waals surface area contributed by atoms with E-state index in [9.17, 15) is 55.2 Å². The molecular formula is C26H18O16. The standard InChI is InChI=1S/C26H18O16/c27-9-1-6(2-10(28)16(9)32)23(35)39-19-13(31)5-38-26(18(19)34)42-20-12(30)4-8-15-14-7(25(37)41-22(15)20)3-11(29)17(33)21(14)40-24(8)36/h1-4,13,18-19,26-34H,5H2/t13-,18-,19+,26+/m1/s1. The molecule has 0 saturated carbocycles. The Morgan fingerprint density at radius 1 is 0.762 bits per heavy atom. The number of carbonyl (C=O) groups is 1. The normalized spacial score (nSPS) is 20.8. The van der Waals surface area contributed by atoms with Gasteiger partial charge in [0.1, 0.15) is 6.10 Å². The predicted molar refractivity (Wildman–Crippen MR) is 135 cm³/mol. The van der Waals surface area contributed by atoms with Gasteiger partial charge >= 0.3 is 17.2 Å². The maximum atomic E-state index is 12.8. The van der Waals surface area contributed by atoms with E-state index < -0.39 is 105 Å². The molecule has 1 aliphatic heterocycles. The third kappa shape index (κ3) is 3.92. The molecule has 3 aromatic carbocycles. The van der Waals surface area contributed by atoms with Gasteiger partial charge < -0.3 is 63.9 Å². The van der Waals surface area contributed by atoms with Gasteiger partial charge in [0.05, 0.1) is 22.9 Å². The van der Waals surface area contributed by atoms with Crippen LogP contribution in [0.2, 0.25) is 0 Å². The zero-order valence-electron chi connectivity index (χ0n) is 20.7. The maximum absolute atomic E-state index is 12.8. The average molecular weight is 586 g/mol. The van der Waals surface area contributed by atoms with Crippen LogP contribution in [0.25, 0.3) is 32.7 Å². The van der Waals surface area contributed by atoms with Crippen LogP contribution in [0.3, 0.4) is 0 Å². The molecule has 0 bridgehead atoms. The van der Waals surface area contributed by atoms with Gasteiger partial charge in [-0.25, -0.2) is 14.4 Å². The summed E-state index contributed by atoms with van der Waals surface area (Å²) in [6, 6.07) is 3.32. The summed E-state index contributed by atoms with van der Waals surface area (Å²) in [6.45, 7) is -0.584. The maximum Gasteiger partial charge on any atom is 0.344 e. The first-order valence-electron chi connectivity index (χ1n) is 11.9. The summed E-state index contributed by atoms with van der Waals surface area (Å²) in [7, 11) is 0. The van der Waals surface area contributed by atoms with Crippen LogP contribution in [0.15, 0.2) is 42.7 Å². The lowest BCUT2D eigenvalue weighted by atomic mass is 10.0. The van der Waals surface area contributed by atoms with Crippen LogP contribution in [0, 0.1) is 0 Å². The highest BCUT2D eigenvalue weighted by Crippen LogP contribution is 2.45. The topological polar surface area (TPSA) is 267 Å². The van der Waals surface area contributed by atoms with Crippen molar-refractivity contribution < 1.29 is 68.7 Å². The van der Waals surface area contributed by atoms with E-state index in [1.54, 1.807) is 0 Å². The second kappa shape index (κ2) is 9.30. The number of phenols is 6. The number of aliphatic hydroxyl groups excluding tert-OH is 2. The molecule has 16 heteroatoms. The first-order chi connectivity index (χ1) is 19.9. The SMILES string of the molecule is O=C(O[C@@H]1[C@@H](O)[C@H](Oc2c(O)cc3c(=O)oc4c(O)c(O)cc5c(=O)oc2c3c45)OC[C@H]1O)c1cc(O)c(O)c(O)c1. The van der Waals surface area contributed by atoms with Crippen molar-refractivity contribution in [2.45, 2.75) is 24.6 Å². The van der Waals surface area contributed by atoms with Gasteiger partial charge in [0.25, 0.3) is 0 Å². The molecule has 1 aliphatic rings. The highest BCUT2D eigenvalue weighted by Gasteiger charge is 2.44. The fourth-order valence-electron chi connectivity index (χ4n) is 4.74. The van der Waals surface area contributed by atoms with E-state index in [0.29, 0.717) is 0 Å². The molecule has 1 saturated heterocycles. The van der Waals surface area contributed by atoms with Gasteiger partial charge in [0, 0.05) is 10.8 Å². The molecule has 8 N–H and O–H groups in total. The van der Waals surface area contributed by atoms with Crippen LogP contribution in [0.4, 0.5) is 0 Å². The molecule has 218 valence electrons. The van der Waals surface area contributed by atoms with Crippen molar-refractivity contribution in [3.05, 3.63) is 50.7 Å². The number of esters is 1. The zero-order valence-corrected chi connectivity index (χ0v) is 20.7. The molecule has 0 aliphatic carbocycles. The van der Waals surface area contributed by atoms with Crippen molar-refractivity contribution in [1.29, 1.82) is 0 Å². The van der Waals surface area contributed by atoms with Crippen molar-refractivity contribution in [3.63, 3.8) is 0 Å². The predicted octanol–water partition coefficient (Wildman–Crippen LogP) is 0.406. The van der Waals surface area contributed by atoms with E-state index in [4.69, 9.17) is 23.0 Å².